The molecule has 1 fully saturated rings. The number of nitrogens with zero attached hydrogens (tertiary/aromatic N) is 2. The predicted octanol–water partition coefficient (Wildman–Crippen LogP) is 3.85. The van der Waals surface area contributed by atoms with Crippen LogP contribution < -0.4 is 4.74 Å². The summed E-state index contributed by atoms with van der Waals surface area (Å²) in [4.78, 5) is 23.8. The van der Waals surface area contributed by atoms with Crippen LogP contribution in [0.3, 0.4) is 0 Å². The molecule has 0 radical (unpaired) electrons. The van der Waals surface area contributed by atoms with Crippen LogP contribution in [0.15, 0.2) is 56.9 Å². The molecule has 0 bridgehead atoms. The lowest BCUT2D eigenvalue weighted by Crippen LogP contribution is -2.22. The molecule has 148 valence electrons. The Morgan fingerprint density at radius 3 is 2.79 bits per heavy atom. The molecule has 0 aliphatic carbocycles. The molecule has 2 aromatic carbocycles. The minimum atomic E-state index is -1.10. The molecule has 1 heterocycles. The maximum Gasteiger partial charge on any atom is 0.341 e. The van der Waals surface area contributed by atoms with Crippen LogP contribution in [0.1, 0.15) is 11.1 Å². The molecule has 29 heavy (non-hydrogen) atoms. The van der Waals surface area contributed by atoms with Crippen LogP contribution in [-0.2, 0) is 9.59 Å². The normalized spacial score (nSPS) is 15.5. The molecule has 1 aliphatic heterocycles. The van der Waals surface area contributed by atoms with E-state index in [9.17, 15) is 14.7 Å². The van der Waals surface area contributed by atoms with Gasteiger partial charge >= 0.3 is 5.97 Å². The third kappa shape index (κ3) is 5.22. The van der Waals surface area contributed by atoms with Crippen molar-refractivity contribution in [2.24, 2.45) is 5.10 Å². The zero-order valence-electron chi connectivity index (χ0n) is 14.6. The summed E-state index contributed by atoms with van der Waals surface area (Å²) >= 11 is 9.61. The molecule has 1 amide bonds. The van der Waals surface area contributed by atoms with Crippen molar-refractivity contribution in [3.8, 4) is 11.5 Å². The Morgan fingerprint density at radius 1 is 1.28 bits per heavy atom. The van der Waals surface area contributed by atoms with Gasteiger partial charge in [-0.3, -0.25) is 4.79 Å². The van der Waals surface area contributed by atoms with Gasteiger partial charge in [-0.2, -0.15) is 10.1 Å². The van der Waals surface area contributed by atoms with Crippen molar-refractivity contribution in [1.29, 1.82) is 0 Å². The third-order valence-electron chi connectivity index (χ3n) is 3.63. The Bertz CT molecular complexity index is 1050. The van der Waals surface area contributed by atoms with E-state index in [1.807, 2.05) is 0 Å². The molecule has 1 aliphatic rings. The molecule has 10 heteroatoms. The van der Waals surface area contributed by atoms with Crippen molar-refractivity contribution >= 4 is 68.4 Å². The van der Waals surface area contributed by atoms with Gasteiger partial charge in [-0.15, -0.1) is 0 Å². The van der Waals surface area contributed by atoms with Gasteiger partial charge in [0.2, 0.25) is 0 Å². The first-order valence-electron chi connectivity index (χ1n) is 8.09. The molecule has 2 N–H and O–H groups in total. The number of carboxylic acids is 1. The lowest BCUT2D eigenvalue weighted by molar-refractivity contribution is -0.139. The average Bonchev–Trinajstić information content (AvgIpc) is 2.94. The fraction of sp³-hybridized carbons (Fsp3) is 0.0526. The number of para-hydroxylation sites is 1. The Labute approximate surface area is 183 Å². The molecule has 0 spiro atoms. The van der Waals surface area contributed by atoms with Crippen molar-refractivity contribution in [3.63, 3.8) is 0 Å². The number of hydrazone groups is 1. The van der Waals surface area contributed by atoms with E-state index in [0.717, 1.165) is 21.2 Å². The van der Waals surface area contributed by atoms with Gasteiger partial charge in [-0.05, 0) is 42.6 Å². The monoisotopic (exact) mass is 492 g/mol. The van der Waals surface area contributed by atoms with Crippen LogP contribution in [0, 0.1) is 0 Å². The SMILES string of the molecule is O=C(O)COc1ccccc1C=C1SC(=S)N(N=Cc2cc(Br)ccc2O)C1=O. The highest BCUT2D eigenvalue weighted by Gasteiger charge is 2.32. The third-order valence-corrected chi connectivity index (χ3v) is 5.41. The summed E-state index contributed by atoms with van der Waals surface area (Å²) in [6, 6.07) is 11.6. The molecular weight excluding hydrogens is 480 g/mol. The zero-order chi connectivity index (χ0) is 21.0. The number of aliphatic carboxylic acids is 1. The highest BCUT2D eigenvalue weighted by atomic mass is 79.9. The van der Waals surface area contributed by atoms with Crippen LogP contribution in [0.4, 0.5) is 0 Å². The molecule has 1 saturated heterocycles. The van der Waals surface area contributed by atoms with Crippen molar-refractivity contribution in [3.05, 3.63) is 63.0 Å². The fourth-order valence-electron chi connectivity index (χ4n) is 2.32. The Hall–Kier alpha value is -2.69. The quantitative estimate of drug-likeness (QED) is 0.358. The number of carbonyl (C=O) groups excluding carboxylic acids is 1. The van der Waals surface area contributed by atoms with Gasteiger partial charge in [0.25, 0.3) is 5.91 Å². The van der Waals surface area contributed by atoms with Crippen molar-refractivity contribution in [2.75, 3.05) is 6.61 Å². The fourth-order valence-corrected chi connectivity index (χ4v) is 3.86. The van der Waals surface area contributed by atoms with Gasteiger partial charge in [-0.1, -0.05) is 45.9 Å². The maximum atomic E-state index is 12.7. The summed E-state index contributed by atoms with van der Waals surface area (Å²) in [6.07, 6.45) is 2.92. The number of hydrogen-bond acceptors (Lipinski definition) is 7. The lowest BCUT2D eigenvalue weighted by atomic mass is 10.2. The number of carboxylic acid groups (broad SMARTS) is 1. The van der Waals surface area contributed by atoms with E-state index < -0.39 is 18.5 Å². The average molecular weight is 493 g/mol. The van der Waals surface area contributed by atoms with Gasteiger partial charge in [0.1, 0.15) is 11.5 Å². The summed E-state index contributed by atoms with van der Waals surface area (Å²) in [6.45, 7) is -0.494. The van der Waals surface area contributed by atoms with Gasteiger partial charge in [0, 0.05) is 15.6 Å². The van der Waals surface area contributed by atoms with E-state index >= 15 is 0 Å². The minimum Gasteiger partial charge on any atom is -0.507 e. The summed E-state index contributed by atoms with van der Waals surface area (Å²) in [7, 11) is 0. The first kappa shape index (κ1) is 21.0. The molecule has 0 unspecified atom stereocenters. The van der Waals surface area contributed by atoms with E-state index in [1.54, 1.807) is 42.5 Å². The number of amides is 1. The van der Waals surface area contributed by atoms with Gasteiger partial charge in [-0.25, -0.2) is 4.79 Å². The highest BCUT2D eigenvalue weighted by Crippen LogP contribution is 2.34. The number of hydrogen-bond donors (Lipinski definition) is 2. The molecule has 3 rings (SSSR count). The van der Waals surface area contributed by atoms with Crippen LogP contribution in [0.25, 0.3) is 6.08 Å². The van der Waals surface area contributed by atoms with Gasteiger partial charge < -0.3 is 14.9 Å². The summed E-state index contributed by atoms with van der Waals surface area (Å²) in [5.74, 6) is -1.18. The molecule has 2 aromatic rings. The number of rotatable bonds is 6. The summed E-state index contributed by atoms with van der Waals surface area (Å²) < 4.78 is 6.24. The number of phenolic OH excluding ortho intramolecular Hbond substituents is 1. The number of thiocarbonyl (C=S) groups is 1. The summed E-state index contributed by atoms with van der Waals surface area (Å²) in [5, 5.41) is 23.8. The second-order valence-electron chi connectivity index (χ2n) is 5.66. The standard InChI is InChI=1S/C19H13BrN2O5S2/c20-13-5-6-14(23)12(7-13)9-21-22-18(26)16(29-19(22)28)8-11-3-1-2-4-15(11)27-10-17(24)25/h1-9,23H,10H2,(H,24,25). The number of ether oxygens (including phenoxy) is 1. The molecule has 7 nitrogen and oxygen atoms in total. The minimum absolute atomic E-state index is 0.0161. The Kier molecular flexibility index (Phi) is 6.68. The number of benzene rings is 2. The number of phenols is 1. The van der Waals surface area contributed by atoms with E-state index in [2.05, 4.69) is 21.0 Å². The maximum absolute atomic E-state index is 12.7. The molecule has 0 atom stereocenters. The van der Waals surface area contributed by atoms with Gasteiger partial charge in [0.15, 0.2) is 10.9 Å². The second-order valence-corrected chi connectivity index (χ2v) is 8.25. The number of thioether (sulfide) groups is 1. The first-order chi connectivity index (χ1) is 13.8. The lowest BCUT2D eigenvalue weighted by Gasteiger charge is -2.08. The van der Waals surface area contributed by atoms with Crippen molar-refractivity contribution in [1.82, 2.24) is 5.01 Å². The highest BCUT2D eigenvalue weighted by molar-refractivity contribution is 9.10. The van der Waals surface area contributed by atoms with E-state index in [0.29, 0.717) is 21.8 Å². The molecule has 0 saturated carbocycles. The van der Waals surface area contributed by atoms with Crippen LogP contribution in [-0.4, -0.2) is 44.2 Å². The van der Waals surface area contributed by atoms with E-state index in [-0.39, 0.29) is 10.1 Å². The predicted molar refractivity (Wildman–Crippen MR) is 118 cm³/mol. The van der Waals surface area contributed by atoms with Crippen molar-refractivity contribution in [2.45, 2.75) is 0 Å². The molecular formula is C19H13BrN2O5S2. The van der Waals surface area contributed by atoms with Gasteiger partial charge in [0.05, 0.1) is 11.1 Å². The van der Waals surface area contributed by atoms with Crippen LogP contribution in [0.5, 0.6) is 11.5 Å². The Morgan fingerprint density at radius 2 is 2.03 bits per heavy atom. The number of carbonyl (C=O) groups is 2. The second kappa shape index (κ2) is 9.21. The summed E-state index contributed by atoms with van der Waals surface area (Å²) in [5.41, 5.74) is 0.965. The zero-order valence-corrected chi connectivity index (χ0v) is 17.8. The van der Waals surface area contributed by atoms with Crippen molar-refractivity contribution < 1.29 is 24.5 Å². The van der Waals surface area contributed by atoms with Crippen LogP contribution >= 0.6 is 39.9 Å². The van der Waals surface area contributed by atoms with E-state index in [4.69, 9.17) is 22.1 Å². The first-order valence-corrected chi connectivity index (χ1v) is 10.1. The Balaban J connectivity index is 1.83. The topological polar surface area (TPSA) is 99.4 Å². The number of halogens is 1. The largest absolute Gasteiger partial charge is 0.507 e. The number of aromatic hydroxyl groups is 1. The molecule has 0 aromatic heterocycles. The smallest absolute Gasteiger partial charge is 0.341 e. The van der Waals surface area contributed by atoms with Crippen LogP contribution in [0.2, 0.25) is 0 Å². The van der Waals surface area contributed by atoms with E-state index in [1.165, 1.54) is 12.3 Å².